The zero-order valence-corrected chi connectivity index (χ0v) is 17.6. The third-order valence-corrected chi connectivity index (χ3v) is 5.83. The lowest BCUT2D eigenvalue weighted by molar-refractivity contribution is -0.114. The second kappa shape index (κ2) is 9.51. The predicted molar refractivity (Wildman–Crippen MR) is 116 cm³/mol. The maximum absolute atomic E-state index is 12.5. The fourth-order valence-electron chi connectivity index (χ4n) is 2.82. The van der Waals surface area contributed by atoms with E-state index in [0.717, 1.165) is 11.1 Å². The minimum Gasteiger partial charge on any atom is -0.354 e. The first-order valence-electron chi connectivity index (χ1n) is 9.41. The van der Waals surface area contributed by atoms with Crippen molar-refractivity contribution in [1.29, 1.82) is 0 Å². The zero-order valence-electron chi connectivity index (χ0n) is 16.8. The number of hydrogen-bond acceptors (Lipinski definition) is 5. The first kappa shape index (κ1) is 21.5. The van der Waals surface area contributed by atoms with E-state index in [1.165, 1.54) is 6.92 Å². The zero-order chi connectivity index (χ0) is 21.6. The Balaban J connectivity index is 1.64. The Bertz CT molecular complexity index is 1130. The number of sulfonamides is 1. The summed E-state index contributed by atoms with van der Waals surface area (Å²) in [6, 6.07) is 16.2. The number of nitrogens with zero attached hydrogens (tertiary/aromatic N) is 1. The fourth-order valence-corrected chi connectivity index (χ4v) is 3.85. The molecule has 156 valence electrons. The molecule has 0 fully saturated rings. The number of anilines is 1. The number of aryl methyl sites for hydroxylation is 1. The molecule has 0 spiro atoms. The quantitative estimate of drug-likeness (QED) is 0.574. The van der Waals surface area contributed by atoms with Gasteiger partial charge in [0.15, 0.2) is 5.76 Å². The minimum atomic E-state index is -3.58. The molecule has 8 heteroatoms. The van der Waals surface area contributed by atoms with E-state index in [1.54, 1.807) is 43.3 Å². The molecule has 0 aliphatic rings. The van der Waals surface area contributed by atoms with Gasteiger partial charge in [-0.05, 0) is 42.7 Å². The second-order valence-corrected chi connectivity index (χ2v) is 8.49. The molecule has 0 aliphatic heterocycles. The lowest BCUT2D eigenvalue weighted by atomic mass is 10.2. The molecule has 0 radical (unpaired) electrons. The average Bonchev–Trinajstić information content (AvgIpc) is 3.06. The molecule has 0 saturated carbocycles. The van der Waals surface area contributed by atoms with Gasteiger partial charge in [-0.15, -0.1) is 0 Å². The Morgan fingerprint density at radius 3 is 2.43 bits per heavy atom. The number of benzene rings is 2. The SMILES string of the molecule is CC(=O)Nc1c(C)noc1/C=C\c1ccc(S(=O)(=O)NCCc2ccccc2)cc1. The van der Waals surface area contributed by atoms with Gasteiger partial charge < -0.3 is 9.84 Å². The third kappa shape index (κ3) is 5.65. The summed E-state index contributed by atoms with van der Waals surface area (Å²) in [6.45, 7) is 3.47. The van der Waals surface area contributed by atoms with Crippen molar-refractivity contribution in [3.63, 3.8) is 0 Å². The highest BCUT2D eigenvalue weighted by Crippen LogP contribution is 2.22. The Morgan fingerprint density at radius 2 is 1.77 bits per heavy atom. The summed E-state index contributed by atoms with van der Waals surface area (Å²) in [5.41, 5.74) is 2.94. The second-order valence-electron chi connectivity index (χ2n) is 6.72. The topological polar surface area (TPSA) is 101 Å². The standard InChI is InChI=1S/C22H23N3O4S/c1-16-22(24-17(2)26)21(29-25-16)13-10-19-8-11-20(12-9-19)30(27,28)23-15-14-18-6-4-3-5-7-18/h3-13,23H,14-15H2,1-2H3,(H,24,26)/b13-10-. The molecule has 30 heavy (non-hydrogen) atoms. The smallest absolute Gasteiger partial charge is 0.240 e. The summed E-state index contributed by atoms with van der Waals surface area (Å²) in [4.78, 5) is 11.5. The van der Waals surface area contributed by atoms with E-state index in [1.807, 2.05) is 30.3 Å². The van der Waals surface area contributed by atoms with Crippen LogP contribution in [0.2, 0.25) is 0 Å². The summed E-state index contributed by atoms with van der Waals surface area (Å²) in [5, 5.41) is 6.53. The molecule has 1 amide bonds. The summed E-state index contributed by atoms with van der Waals surface area (Å²) < 4.78 is 32.8. The minimum absolute atomic E-state index is 0.196. The van der Waals surface area contributed by atoms with Gasteiger partial charge >= 0.3 is 0 Å². The number of hydrogen-bond donors (Lipinski definition) is 2. The van der Waals surface area contributed by atoms with Crippen LogP contribution in [0.1, 0.15) is 29.5 Å². The van der Waals surface area contributed by atoms with E-state index in [0.29, 0.717) is 30.1 Å². The van der Waals surface area contributed by atoms with Crippen LogP contribution in [0.25, 0.3) is 12.2 Å². The van der Waals surface area contributed by atoms with E-state index < -0.39 is 10.0 Å². The van der Waals surface area contributed by atoms with Crippen LogP contribution in [0, 0.1) is 6.92 Å². The highest BCUT2D eigenvalue weighted by atomic mass is 32.2. The largest absolute Gasteiger partial charge is 0.354 e. The molecule has 1 aromatic heterocycles. The Labute approximate surface area is 175 Å². The van der Waals surface area contributed by atoms with Gasteiger partial charge in [0.05, 0.1) is 4.90 Å². The maximum Gasteiger partial charge on any atom is 0.240 e. The summed E-state index contributed by atoms with van der Waals surface area (Å²) in [7, 11) is -3.58. The van der Waals surface area contributed by atoms with Gasteiger partial charge in [0.2, 0.25) is 15.9 Å². The Hall–Kier alpha value is -3.23. The van der Waals surface area contributed by atoms with E-state index in [2.05, 4.69) is 15.2 Å². The average molecular weight is 426 g/mol. The van der Waals surface area contributed by atoms with Crippen LogP contribution in [0.3, 0.4) is 0 Å². The van der Waals surface area contributed by atoms with Gasteiger partial charge in [-0.3, -0.25) is 4.79 Å². The molecule has 2 N–H and O–H groups in total. The first-order valence-corrected chi connectivity index (χ1v) is 10.9. The highest BCUT2D eigenvalue weighted by Gasteiger charge is 2.14. The van der Waals surface area contributed by atoms with Crippen LogP contribution in [-0.2, 0) is 21.2 Å². The molecule has 1 heterocycles. The molecule has 3 aromatic rings. The highest BCUT2D eigenvalue weighted by molar-refractivity contribution is 7.89. The van der Waals surface area contributed by atoms with E-state index in [4.69, 9.17) is 4.52 Å². The number of carbonyl (C=O) groups is 1. The molecule has 2 aromatic carbocycles. The van der Waals surface area contributed by atoms with Gasteiger partial charge in [-0.25, -0.2) is 13.1 Å². The molecule has 3 rings (SSSR count). The van der Waals surface area contributed by atoms with E-state index >= 15 is 0 Å². The number of nitrogens with one attached hydrogen (secondary N) is 2. The normalized spacial score (nSPS) is 11.7. The van der Waals surface area contributed by atoms with E-state index in [-0.39, 0.29) is 10.8 Å². The number of aromatic nitrogens is 1. The van der Waals surface area contributed by atoms with Crippen LogP contribution in [0.5, 0.6) is 0 Å². The van der Waals surface area contributed by atoms with Crippen molar-refractivity contribution < 1.29 is 17.7 Å². The number of carbonyl (C=O) groups excluding carboxylic acids is 1. The van der Waals surface area contributed by atoms with Crippen LogP contribution in [0.15, 0.2) is 64.0 Å². The van der Waals surface area contributed by atoms with Crippen LogP contribution in [0.4, 0.5) is 5.69 Å². The molecule has 0 atom stereocenters. The van der Waals surface area contributed by atoms with Crippen LogP contribution < -0.4 is 10.0 Å². The van der Waals surface area contributed by atoms with Crippen LogP contribution >= 0.6 is 0 Å². The van der Waals surface area contributed by atoms with Crippen molar-refractivity contribution in [3.05, 3.63) is 77.2 Å². The van der Waals surface area contributed by atoms with Gasteiger partial charge in [-0.2, -0.15) is 0 Å². The molecule has 0 bridgehead atoms. The fraction of sp³-hybridized carbons (Fsp3) is 0.182. The van der Waals surface area contributed by atoms with Crippen molar-refractivity contribution in [2.24, 2.45) is 0 Å². The summed E-state index contributed by atoms with van der Waals surface area (Å²) in [5.74, 6) is 0.201. The number of amides is 1. The van der Waals surface area contributed by atoms with Gasteiger partial charge in [0.25, 0.3) is 0 Å². The summed E-state index contributed by atoms with van der Waals surface area (Å²) >= 11 is 0. The van der Waals surface area contributed by atoms with Crippen molar-refractivity contribution in [3.8, 4) is 0 Å². The van der Waals surface area contributed by atoms with Crippen LogP contribution in [-0.4, -0.2) is 26.0 Å². The van der Waals surface area contributed by atoms with E-state index in [9.17, 15) is 13.2 Å². The first-order chi connectivity index (χ1) is 14.3. The molecule has 0 aliphatic carbocycles. The Morgan fingerprint density at radius 1 is 1.07 bits per heavy atom. The molecule has 0 saturated heterocycles. The lowest BCUT2D eigenvalue weighted by Crippen LogP contribution is -2.25. The summed E-state index contributed by atoms with van der Waals surface area (Å²) in [6.07, 6.45) is 4.05. The molecular formula is C22H23N3O4S. The van der Waals surface area contributed by atoms with Crippen molar-refractivity contribution in [1.82, 2.24) is 9.88 Å². The number of rotatable bonds is 8. The van der Waals surface area contributed by atoms with Gasteiger partial charge in [-0.1, -0.05) is 53.7 Å². The lowest BCUT2D eigenvalue weighted by Gasteiger charge is -2.07. The molecular weight excluding hydrogens is 402 g/mol. The van der Waals surface area contributed by atoms with Crippen molar-refractivity contribution in [2.75, 3.05) is 11.9 Å². The molecule has 7 nitrogen and oxygen atoms in total. The van der Waals surface area contributed by atoms with Gasteiger partial charge in [0, 0.05) is 13.5 Å². The van der Waals surface area contributed by atoms with Gasteiger partial charge in [0.1, 0.15) is 11.4 Å². The Kier molecular flexibility index (Phi) is 6.81. The van der Waals surface area contributed by atoms with Crippen molar-refractivity contribution >= 4 is 33.8 Å². The molecule has 0 unspecified atom stereocenters. The monoisotopic (exact) mass is 425 g/mol. The maximum atomic E-state index is 12.5. The predicted octanol–water partition coefficient (Wildman–Crippen LogP) is 3.63. The van der Waals surface area contributed by atoms with Crippen molar-refractivity contribution in [2.45, 2.75) is 25.2 Å². The third-order valence-electron chi connectivity index (χ3n) is 4.36.